The van der Waals surface area contributed by atoms with Gasteiger partial charge in [0.05, 0.1) is 6.04 Å². The number of carbonyl (C=O) groups excluding carboxylic acids is 1. The first-order valence-electron chi connectivity index (χ1n) is 7.53. The molecule has 102 valence electrons. The first-order chi connectivity index (χ1) is 8.74. The van der Waals surface area contributed by atoms with E-state index in [-0.39, 0.29) is 11.9 Å². The Kier molecular flexibility index (Phi) is 3.57. The number of amides is 1. The molecule has 1 saturated heterocycles. The molecule has 1 heterocycles. The third kappa shape index (κ3) is 2.41. The number of rotatable bonds is 2. The highest BCUT2D eigenvalue weighted by Gasteiger charge is 2.40. The smallest absolute Gasteiger partial charge is 0.237 e. The van der Waals surface area contributed by atoms with Crippen LogP contribution < -0.4 is 16.4 Å². The number of fused-ring (bicyclic) bond motifs is 2. The Bertz CT molecular complexity index is 300. The van der Waals surface area contributed by atoms with Crippen molar-refractivity contribution in [1.82, 2.24) is 10.6 Å². The molecule has 0 spiro atoms. The van der Waals surface area contributed by atoms with Gasteiger partial charge >= 0.3 is 0 Å². The molecule has 3 atom stereocenters. The van der Waals surface area contributed by atoms with Crippen molar-refractivity contribution in [2.75, 3.05) is 6.54 Å². The third-order valence-electron chi connectivity index (χ3n) is 5.06. The van der Waals surface area contributed by atoms with Crippen molar-refractivity contribution in [2.24, 2.45) is 17.6 Å². The topological polar surface area (TPSA) is 67.1 Å². The molecule has 4 nitrogen and oxygen atoms in total. The maximum absolute atomic E-state index is 12.2. The van der Waals surface area contributed by atoms with E-state index in [9.17, 15) is 4.79 Å². The van der Waals surface area contributed by atoms with E-state index in [4.69, 9.17) is 5.73 Å². The Morgan fingerprint density at radius 3 is 2.44 bits per heavy atom. The van der Waals surface area contributed by atoms with Crippen molar-refractivity contribution in [3.05, 3.63) is 0 Å². The third-order valence-corrected chi connectivity index (χ3v) is 5.06. The van der Waals surface area contributed by atoms with E-state index in [0.717, 1.165) is 32.2 Å². The van der Waals surface area contributed by atoms with E-state index >= 15 is 0 Å². The molecule has 0 aromatic heterocycles. The summed E-state index contributed by atoms with van der Waals surface area (Å²) in [5, 5.41) is 6.61. The molecular weight excluding hydrogens is 226 g/mol. The predicted octanol–water partition coefficient (Wildman–Crippen LogP) is 0.761. The summed E-state index contributed by atoms with van der Waals surface area (Å²) in [5.41, 5.74) is 6.12. The van der Waals surface area contributed by atoms with Crippen molar-refractivity contribution in [3.63, 3.8) is 0 Å². The second-order valence-corrected chi connectivity index (χ2v) is 6.37. The van der Waals surface area contributed by atoms with E-state index in [2.05, 4.69) is 10.6 Å². The van der Waals surface area contributed by atoms with E-state index < -0.39 is 0 Å². The molecule has 2 aliphatic carbocycles. The molecule has 4 N–H and O–H groups in total. The van der Waals surface area contributed by atoms with E-state index in [1.54, 1.807) is 0 Å². The van der Waals surface area contributed by atoms with Crippen LogP contribution in [0, 0.1) is 11.8 Å². The van der Waals surface area contributed by atoms with Crippen LogP contribution in [0.3, 0.4) is 0 Å². The Morgan fingerprint density at radius 2 is 1.83 bits per heavy atom. The summed E-state index contributed by atoms with van der Waals surface area (Å²) < 4.78 is 0. The summed E-state index contributed by atoms with van der Waals surface area (Å²) in [4.78, 5) is 12.2. The second kappa shape index (κ2) is 5.17. The highest BCUT2D eigenvalue weighted by atomic mass is 16.2. The van der Waals surface area contributed by atoms with Gasteiger partial charge in [-0.25, -0.2) is 0 Å². The van der Waals surface area contributed by atoms with Gasteiger partial charge in [-0.1, -0.05) is 6.42 Å². The highest BCUT2D eigenvalue weighted by molar-refractivity contribution is 5.82. The predicted molar refractivity (Wildman–Crippen MR) is 71.0 cm³/mol. The van der Waals surface area contributed by atoms with Gasteiger partial charge in [-0.2, -0.15) is 0 Å². The van der Waals surface area contributed by atoms with Crippen molar-refractivity contribution >= 4 is 5.91 Å². The quantitative estimate of drug-likeness (QED) is 0.679. The summed E-state index contributed by atoms with van der Waals surface area (Å²) in [6.07, 6.45) is 8.11. The van der Waals surface area contributed by atoms with Crippen molar-refractivity contribution in [1.29, 1.82) is 0 Å². The first kappa shape index (κ1) is 12.4. The van der Waals surface area contributed by atoms with E-state index in [1.807, 2.05) is 0 Å². The maximum Gasteiger partial charge on any atom is 0.237 e. The number of carbonyl (C=O) groups is 1. The minimum absolute atomic E-state index is 0.0568. The summed E-state index contributed by atoms with van der Waals surface area (Å²) in [6.45, 7) is 0.987. The summed E-state index contributed by atoms with van der Waals surface area (Å²) in [5.74, 6) is 1.47. The van der Waals surface area contributed by atoms with Crippen LogP contribution in [0.15, 0.2) is 0 Å². The minimum Gasteiger partial charge on any atom is -0.351 e. The molecule has 2 unspecified atom stereocenters. The Morgan fingerprint density at radius 1 is 1.11 bits per heavy atom. The molecule has 0 radical (unpaired) electrons. The zero-order valence-corrected chi connectivity index (χ0v) is 11.0. The summed E-state index contributed by atoms with van der Waals surface area (Å²) in [7, 11) is 0. The van der Waals surface area contributed by atoms with Crippen LogP contribution in [0.2, 0.25) is 0 Å². The standard InChI is InChI=1S/C14H25N3O/c15-11-7-9-3-1-4-10(8-11)13(9)17-14(18)12-5-2-6-16-12/h9-13,16H,1-8,15H2,(H,17,18)/t9?,10?,11?,12-,13?/m0/s1. The van der Waals surface area contributed by atoms with Gasteiger partial charge in [-0.3, -0.25) is 4.79 Å². The van der Waals surface area contributed by atoms with Crippen molar-refractivity contribution in [2.45, 2.75) is 63.1 Å². The van der Waals surface area contributed by atoms with Gasteiger partial charge in [-0.05, 0) is 56.9 Å². The van der Waals surface area contributed by atoms with Gasteiger partial charge in [0, 0.05) is 12.1 Å². The largest absolute Gasteiger partial charge is 0.351 e. The van der Waals surface area contributed by atoms with Crippen LogP contribution in [0.4, 0.5) is 0 Å². The normalized spacial score (nSPS) is 43.7. The minimum atomic E-state index is 0.0568. The molecule has 1 aliphatic heterocycles. The zero-order valence-electron chi connectivity index (χ0n) is 11.0. The van der Waals surface area contributed by atoms with Crippen LogP contribution in [0.5, 0.6) is 0 Å². The fourth-order valence-corrected chi connectivity index (χ4v) is 4.20. The maximum atomic E-state index is 12.2. The van der Waals surface area contributed by atoms with E-state index in [0.29, 0.717) is 23.9 Å². The Balaban J connectivity index is 1.62. The lowest BCUT2D eigenvalue weighted by molar-refractivity contribution is -0.125. The monoisotopic (exact) mass is 251 g/mol. The lowest BCUT2D eigenvalue weighted by Gasteiger charge is -2.45. The molecule has 3 fully saturated rings. The summed E-state index contributed by atoms with van der Waals surface area (Å²) >= 11 is 0. The first-order valence-corrected chi connectivity index (χ1v) is 7.53. The molecule has 4 heteroatoms. The van der Waals surface area contributed by atoms with Gasteiger partial charge in [0.25, 0.3) is 0 Å². The second-order valence-electron chi connectivity index (χ2n) is 6.37. The Hall–Kier alpha value is -0.610. The van der Waals surface area contributed by atoms with Gasteiger partial charge in [0.2, 0.25) is 5.91 Å². The van der Waals surface area contributed by atoms with Crippen LogP contribution in [-0.4, -0.2) is 30.6 Å². The van der Waals surface area contributed by atoms with Crippen molar-refractivity contribution in [3.8, 4) is 0 Å². The number of hydrogen-bond donors (Lipinski definition) is 3. The van der Waals surface area contributed by atoms with Gasteiger partial charge in [0.15, 0.2) is 0 Å². The number of nitrogens with two attached hydrogens (primary N) is 1. The van der Waals surface area contributed by atoms with Crippen LogP contribution in [0.1, 0.15) is 44.9 Å². The highest BCUT2D eigenvalue weighted by Crippen LogP contribution is 2.39. The van der Waals surface area contributed by atoms with E-state index in [1.165, 1.54) is 19.3 Å². The molecule has 1 amide bonds. The molecule has 18 heavy (non-hydrogen) atoms. The average molecular weight is 251 g/mol. The molecule has 3 aliphatic rings. The van der Waals surface area contributed by atoms with Gasteiger partial charge in [-0.15, -0.1) is 0 Å². The molecule has 0 aromatic carbocycles. The zero-order chi connectivity index (χ0) is 12.5. The molecule has 0 aromatic rings. The van der Waals surface area contributed by atoms with Crippen molar-refractivity contribution < 1.29 is 4.79 Å². The summed E-state index contributed by atoms with van der Waals surface area (Å²) in [6, 6.07) is 0.813. The molecular formula is C14H25N3O. The number of nitrogens with one attached hydrogen (secondary N) is 2. The lowest BCUT2D eigenvalue weighted by atomic mass is 9.67. The lowest BCUT2D eigenvalue weighted by Crippen LogP contribution is -2.56. The fraction of sp³-hybridized carbons (Fsp3) is 0.929. The van der Waals surface area contributed by atoms with Gasteiger partial charge < -0.3 is 16.4 Å². The Labute approximate surface area is 109 Å². The average Bonchev–Trinajstić information content (AvgIpc) is 2.83. The molecule has 2 bridgehead atoms. The van der Waals surface area contributed by atoms with Crippen LogP contribution in [0.25, 0.3) is 0 Å². The SMILES string of the molecule is NC1CC2CCCC(C1)C2NC(=O)[C@@H]1CCCN1. The number of hydrogen-bond acceptors (Lipinski definition) is 3. The van der Waals surface area contributed by atoms with Crippen LogP contribution >= 0.6 is 0 Å². The molecule has 2 saturated carbocycles. The van der Waals surface area contributed by atoms with Gasteiger partial charge in [0.1, 0.15) is 0 Å². The fourth-order valence-electron chi connectivity index (χ4n) is 4.20. The van der Waals surface area contributed by atoms with Crippen LogP contribution in [-0.2, 0) is 4.79 Å². The molecule has 3 rings (SSSR count).